The molecule has 0 radical (unpaired) electrons. The monoisotopic (exact) mass is 420 g/mol. The molecule has 0 saturated carbocycles. The van der Waals surface area contributed by atoms with Gasteiger partial charge in [0.2, 0.25) is 0 Å². The highest BCUT2D eigenvalue weighted by molar-refractivity contribution is 5.92. The normalized spacial score (nSPS) is 15.8. The summed E-state index contributed by atoms with van der Waals surface area (Å²) in [7, 11) is 0. The van der Waals surface area contributed by atoms with Crippen molar-refractivity contribution in [3.8, 4) is 16.9 Å². The van der Waals surface area contributed by atoms with Crippen LogP contribution in [0, 0.1) is 5.82 Å². The van der Waals surface area contributed by atoms with Crippen LogP contribution in [0.4, 0.5) is 4.39 Å². The second kappa shape index (κ2) is 9.27. The molecule has 1 aliphatic rings. The Morgan fingerprint density at radius 2 is 2.06 bits per heavy atom. The van der Waals surface area contributed by atoms with Crippen LogP contribution in [-0.4, -0.2) is 40.6 Å². The number of carbonyl (C=O) groups excluding carboxylic acids is 1. The Kier molecular flexibility index (Phi) is 6.28. The van der Waals surface area contributed by atoms with Gasteiger partial charge in [-0.15, -0.1) is 0 Å². The predicted molar refractivity (Wildman–Crippen MR) is 116 cm³/mol. The highest BCUT2D eigenvalue weighted by atomic mass is 19.1. The number of carbonyl (C=O) groups is 1. The average Bonchev–Trinajstić information content (AvgIpc) is 3.29. The van der Waals surface area contributed by atoms with Crippen molar-refractivity contribution >= 4 is 5.91 Å². The standard InChI is InChI=1S/C25H25FN2O3/c1-2-31-24-6-4-3-5-22(24)17-7-9-21(19(13-17)16-29)18-11-12-28(15-18)25(30)23-10-8-20(26)14-27-23/h3-10,13-14,18,29H,2,11-12,15-16H2,1H3. The molecule has 2 aromatic carbocycles. The zero-order valence-corrected chi connectivity index (χ0v) is 17.4. The molecule has 1 fully saturated rings. The Hall–Kier alpha value is -3.25. The smallest absolute Gasteiger partial charge is 0.272 e. The van der Waals surface area contributed by atoms with Crippen molar-refractivity contribution in [2.45, 2.75) is 25.9 Å². The predicted octanol–water partition coefficient (Wildman–Crippen LogP) is 4.41. The number of hydrogen-bond donors (Lipinski definition) is 1. The molecule has 1 aliphatic heterocycles. The summed E-state index contributed by atoms with van der Waals surface area (Å²) < 4.78 is 18.8. The van der Waals surface area contributed by atoms with Gasteiger partial charge in [-0.05, 0) is 54.3 Å². The van der Waals surface area contributed by atoms with Crippen LogP contribution in [0.5, 0.6) is 5.75 Å². The van der Waals surface area contributed by atoms with Crippen LogP contribution in [0.25, 0.3) is 11.1 Å². The van der Waals surface area contributed by atoms with Gasteiger partial charge in [0.1, 0.15) is 17.3 Å². The van der Waals surface area contributed by atoms with Crippen LogP contribution in [0.1, 0.15) is 40.9 Å². The Balaban J connectivity index is 1.55. The van der Waals surface area contributed by atoms with Gasteiger partial charge in [-0.2, -0.15) is 0 Å². The molecule has 1 amide bonds. The van der Waals surface area contributed by atoms with E-state index in [1.165, 1.54) is 12.1 Å². The van der Waals surface area contributed by atoms with Gasteiger partial charge in [-0.3, -0.25) is 4.79 Å². The molecule has 0 bridgehead atoms. The largest absolute Gasteiger partial charge is 0.493 e. The summed E-state index contributed by atoms with van der Waals surface area (Å²) in [6.45, 7) is 3.59. The first kappa shape index (κ1) is 21.0. The maximum Gasteiger partial charge on any atom is 0.272 e. The Morgan fingerprint density at radius 1 is 1.23 bits per heavy atom. The van der Waals surface area contributed by atoms with Gasteiger partial charge in [0.05, 0.1) is 19.4 Å². The molecular weight excluding hydrogens is 395 g/mol. The van der Waals surface area contributed by atoms with E-state index in [9.17, 15) is 14.3 Å². The summed E-state index contributed by atoms with van der Waals surface area (Å²) in [4.78, 5) is 18.4. The van der Waals surface area contributed by atoms with E-state index in [1.807, 2.05) is 49.4 Å². The van der Waals surface area contributed by atoms with Crippen LogP contribution in [0.3, 0.4) is 0 Å². The number of ether oxygens (including phenoxy) is 1. The summed E-state index contributed by atoms with van der Waals surface area (Å²) in [5.74, 6) is 0.276. The fraction of sp³-hybridized carbons (Fsp3) is 0.280. The number of hydrogen-bond acceptors (Lipinski definition) is 4. The minimum absolute atomic E-state index is 0.0794. The van der Waals surface area contributed by atoms with Gasteiger partial charge in [0.25, 0.3) is 5.91 Å². The maximum absolute atomic E-state index is 13.1. The molecular formula is C25H25FN2O3. The lowest BCUT2D eigenvalue weighted by Gasteiger charge is -2.19. The zero-order valence-electron chi connectivity index (χ0n) is 17.4. The maximum atomic E-state index is 13.1. The van der Waals surface area contributed by atoms with Crippen molar-refractivity contribution in [1.29, 1.82) is 0 Å². The van der Waals surface area contributed by atoms with E-state index in [-0.39, 0.29) is 24.1 Å². The summed E-state index contributed by atoms with van der Waals surface area (Å²) in [6.07, 6.45) is 1.86. The van der Waals surface area contributed by atoms with Crippen molar-refractivity contribution in [2.75, 3.05) is 19.7 Å². The van der Waals surface area contributed by atoms with Crippen molar-refractivity contribution < 1.29 is 19.0 Å². The highest BCUT2D eigenvalue weighted by Crippen LogP contribution is 2.35. The van der Waals surface area contributed by atoms with Gasteiger partial charge in [0, 0.05) is 24.6 Å². The zero-order chi connectivity index (χ0) is 21.8. The summed E-state index contributed by atoms with van der Waals surface area (Å²) >= 11 is 0. The minimum Gasteiger partial charge on any atom is -0.493 e. The second-order valence-corrected chi connectivity index (χ2v) is 7.60. The van der Waals surface area contributed by atoms with Gasteiger partial charge >= 0.3 is 0 Å². The molecule has 1 N–H and O–H groups in total. The highest BCUT2D eigenvalue weighted by Gasteiger charge is 2.30. The average molecular weight is 420 g/mol. The van der Waals surface area contributed by atoms with Crippen LogP contribution >= 0.6 is 0 Å². The molecule has 6 heteroatoms. The van der Waals surface area contributed by atoms with E-state index < -0.39 is 5.82 Å². The van der Waals surface area contributed by atoms with Crippen molar-refractivity contribution in [1.82, 2.24) is 9.88 Å². The molecule has 1 aromatic heterocycles. The number of nitrogens with zero attached hydrogens (tertiary/aromatic N) is 2. The molecule has 31 heavy (non-hydrogen) atoms. The lowest BCUT2D eigenvalue weighted by atomic mass is 9.90. The summed E-state index contributed by atoms with van der Waals surface area (Å²) in [5.41, 5.74) is 4.10. The fourth-order valence-corrected chi connectivity index (χ4v) is 4.16. The van der Waals surface area contributed by atoms with Gasteiger partial charge in [-0.25, -0.2) is 9.37 Å². The SMILES string of the molecule is CCOc1ccccc1-c1ccc(C2CCN(C(=O)c3ccc(F)cn3)C2)c(CO)c1. The lowest BCUT2D eigenvalue weighted by Crippen LogP contribution is -2.29. The van der Waals surface area contributed by atoms with Crippen LogP contribution in [-0.2, 0) is 6.61 Å². The molecule has 160 valence electrons. The number of benzene rings is 2. The first-order valence-corrected chi connectivity index (χ1v) is 10.5. The Morgan fingerprint density at radius 3 is 2.81 bits per heavy atom. The van der Waals surface area contributed by atoms with Crippen LogP contribution < -0.4 is 4.74 Å². The van der Waals surface area contributed by atoms with Gasteiger partial charge in [0.15, 0.2) is 0 Å². The molecule has 0 spiro atoms. The topological polar surface area (TPSA) is 62.7 Å². The number of likely N-dealkylation sites (tertiary alicyclic amines) is 1. The third kappa shape index (κ3) is 4.44. The Labute approximate surface area is 181 Å². The van der Waals surface area contributed by atoms with E-state index >= 15 is 0 Å². The summed E-state index contributed by atoms with van der Waals surface area (Å²) in [6, 6.07) is 16.6. The third-order valence-corrected chi connectivity index (χ3v) is 5.67. The molecule has 3 aromatic rings. The first-order chi connectivity index (χ1) is 15.1. The number of halogens is 1. The third-order valence-electron chi connectivity index (χ3n) is 5.67. The molecule has 2 heterocycles. The molecule has 1 atom stereocenters. The van der Waals surface area contributed by atoms with Crippen molar-refractivity contribution in [3.63, 3.8) is 0 Å². The van der Waals surface area contributed by atoms with Crippen LogP contribution in [0.2, 0.25) is 0 Å². The molecule has 1 saturated heterocycles. The number of pyridine rings is 1. The fourth-order valence-electron chi connectivity index (χ4n) is 4.16. The quantitative estimate of drug-likeness (QED) is 0.642. The van der Waals surface area contributed by atoms with E-state index in [0.29, 0.717) is 19.7 Å². The molecule has 5 nitrogen and oxygen atoms in total. The second-order valence-electron chi connectivity index (χ2n) is 7.60. The van der Waals surface area contributed by atoms with Gasteiger partial charge in [-0.1, -0.05) is 30.3 Å². The number of rotatable bonds is 6. The van der Waals surface area contributed by atoms with E-state index in [0.717, 1.165) is 40.6 Å². The Bertz CT molecular complexity index is 1070. The number of aliphatic hydroxyl groups excluding tert-OH is 1. The molecule has 0 aliphatic carbocycles. The summed E-state index contributed by atoms with van der Waals surface area (Å²) in [5, 5.41) is 10.0. The van der Waals surface area contributed by atoms with E-state index in [4.69, 9.17) is 4.74 Å². The number of aliphatic hydroxyl groups is 1. The first-order valence-electron chi connectivity index (χ1n) is 10.5. The van der Waals surface area contributed by atoms with Crippen molar-refractivity contribution in [2.24, 2.45) is 0 Å². The van der Waals surface area contributed by atoms with Crippen molar-refractivity contribution in [3.05, 3.63) is 83.4 Å². The van der Waals surface area contributed by atoms with E-state index in [1.54, 1.807) is 4.90 Å². The number of amides is 1. The van der Waals surface area contributed by atoms with E-state index in [2.05, 4.69) is 4.98 Å². The molecule has 1 unspecified atom stereocenters. The minimum atomic E-state index is -0.463. The number of aromatic nitrogens is 1. The molecule has 4 rings (SSSR count). The van der Waals surface area contributed by atoms with Gasteiger partial charge < -0.3 is 14.7 Å². The number of para-hydroxylation sites is 1. The van der Waals surface area contributed by atoms with Crippen LogP contribution in [0.15, 0.2) is 60.8 Å². The lowest BCUT2D eigenvalue weighted by molar-refractivity contribution is 0.0785.